The molecule has 0 heterocycles. The lowest BCUT2D eigenvalue weighted by Gasteiger charge is -2.60. The predicted molar refractivity (Wildman–Crippen MR) is 116 cm³/mol. The molecule has 7 atom stereocenters. The maximum atomic E-state index is 13.1. The largest absolute Gasteiger partial charge is 0.457 e. The van der Waals surface area contributed by atoms with Crippen molar-refractivity contribution in [3.63, 3.8) is 0 Å². The van der Waals surface area contributed by atoms with Crippen LogP contribution >= 0.6 is 0 Å². The topological polar surface area (TPSA) is 110 Å². The van der Waals surface area contributed by atoms with Gasteiger partial charge in [0.2, 0.25) is 5.78 Å². The van der Waals surface area contributed by atoms with Gasteiger partial charge in [-0.25, -0.2) is 0 Å². The first kappa shape index (κ1) is 23.6. The molecule has 1 unspecified atom stereocenters. The summed E-state index contributed by atoms with van der Waals surface area (Å²) in [5.74, 6) is -0.524. The minimum absolute atomic E-state index is 0.0259. The van der Waals surface area contributed by atoms with Gasteiger partial charge in [-0.15, -0.1) is 0 Å². The van der Waals surface area contributed by atoms with Crippen LogP contribution in [-0.2, 0) is 23.9 Å². The predicted octanol–water partition coefficient (Wildman–Crippen LogP) is 2.37. The van der Waals surface area contributed by atoms with Crippen molar-refractivity contribution in [1.82, 2.24) is 0 Å². The highest BCUT2D eigenvalue weighted by Gasteiger charge is 2.68. The maximum Gasteiger partial charge on any atom is 0.308 e. The van der Waals surface area contributed by atoms with Crippen molar-refractivity contribution in [2.24, 2.45) is 28.6 Å². The van der Waals surface area contributed by atoms with Crippen LogP contribution in [0.5, 0.6) is 0 Å². The Kier molecular flexibility index (Phi) is 6.14. The highest BCUT2D eigenvalue weighted by molar-refractivity contribution is 5.92. The van der Waals surface area contributed by atoms with E-state index in [1.807, 2.05) is 6.92 Å². The number of aliphatic hydroxyl groups excluding tert-OH is 1. The molecular weight excluding hydrogens is 412 g/mol. The first-order valence-corrected chi connectivity index (χ1v) is 11.9. The van der Waals surface area contributed by atoms with Crippen LogP contribution in [0.3, 0.4) is 0 Å². The second-order valence-corrected chi connectivity index (χ2v) is 10.8. The first-order chi connectivity index (χ1) is 15.1. The van der Waals surface area contributed by atoms with Crippen molar-refractivity contribution in [1.29, 1.82) is 0 Å². The lowest BCUT2D eigenvalue weighted by Crippen LogP contribution is -2.62. The number of carbonyl (C=O) groups excluding carboxylic acids is 3. The molecule has 0 aromatic carbocycles. The summed E-state index contributed by atoms with van der Waals surface area (Å²) >= 11 is 0. The quantitative estimate of drug-likeness (QED) is 0.600. The fourth-order valence-electron chi connectivity index (χ4n) is 7.67. The van der Waals surface area contributed by atoms with E-state index in [1.54, 1.807) is 6.08 Å². The molecule has 0 spiro atoms. The molecule has 4 aliphatic rings. The van der Waals surface area contributed by atoms with E-state index in [0.29, 0.717) is 25.7 Å². The molecule has 0 aromatic rings. The average Bonchev–Trinajstić information content (AvgIpc) is 3.02. The summed E-state index contributed by atoms with van der Waals surface area (Å²) in [7, 11) is 1.48. The molecule has 2 N–H and O–H groups in total. The Balaban J connectivity index is 1.55. The normalized spacial score (nSPS) is 43.0. The van der Waals surface area contributed by atoms with Crippen LogP contribution in [0.25, 0.3) is 0 Å². The number of ketones is 2. The maximum absolute atomic E-state index is 13.1. The molecule has 0 aliphatic heterocycles. The Morgan fingerprint density at radius 2 is 1.94 bits per heavy atom. The van der Waals surface area contributed by atoms with Crippen molar-refractivity contribution >= 4 is 17.5 Å². The van der Waals surface area contributed by atoms with E-state index in [4.69, 9.17) is 9.47 Å². The summed E-state index contributed by atoms with van der Waals surface area (Å²) in [6, 6.07) is 0. The lowest BCUT2D eigenvalue weighted by atomic mass is 9.45. The zero-order valence-electron chi connectivity index (χ0n) is 19.4. The van der Waals surface area contributed by atoms with Gasteiger partial charge in [0.25, 0.3) is 0 Å². The monoisotopic (exact) mass is 448 g/mol. The lowest BCUT2D eigenvalue weighted by molar-refractivity contribution is -0.184. The molecule has 3 fully saturated rings. The number of hydrogen-bond donors (Lipinski definition) is 2. The molecule has 32 heavy (non-hydrogen) atoms. The van der Waals surface area contributed by atoms with Crippen LogP contribution in [0, 0.1) is 28.6 Å². The van der Waals surface area contributed by atoms with Gasteiger partial charge in [0.15, 0.2) is 12.4 Å². The number of aliphatic hydroxyl groups is 2. The van der Waals surface area contributed by atoms with Gasteiger partial charge in [-0.3, -0.25) is 14.4 Å². The molecule has 178 valence electrons. The summed E-state index contributed by atoms with van der Waals surface area (Å²) < 4.78 is 9.96. The van der Waals surface area contributed by atoms with E-state index < -0.39 is 35.5 Å². The minimum atomic E-state index is -1.62. The van der Waals surface area contributed by atoms with Crippen LogP contribution in [0.1, 0.15) is 65.2 Å². The van der Waals surface area contributed by atoms with Crippen molar-refractivity contribution in [3.05, 3.63) is 11.6 Å². The third-order valence-corrected chi connectivity index (χ3v) is 9.38. The van der Waals surface area contributed by atoms with E-state index in [2.05, 4.69) is 6.92 Å². The molecular formula is C25H36O7. The van der Waals surface area contributed by atoms with E-state index in [1.165, 1.54) is 7.11 Å². The Morgan fingerprint density at radius 1 is 1.19 bits per heavy atom. The average molecular weight is 449 g/mol. The molecule has 0 bridgehead atoms. The van der Waals surface area contributed by atoms with Gasteiger partial charge in [0.05, 0.1) is 19.1 Å². The zero-order chi connectivity index (χ0) is 23.3. The molecule has 3 saturated carbocycles. The third-order valence-electron chi connectivity index (χ3n) is 9.38. The molecule has 4 aliphatic carbocycles. The second-order valence-electron chi connectivity index (χ2n) is 10.8. The Hall–Kier alpha value is -1.57. The Labute approximate surface area is 189 Å². The number of methoxy groups -OCH3 is 1. The summed E-state index contributed by atoms with van der Waals surface area (Å²) in [5.41, 5.74) is -1.44. The van der Waals surface area contributed by atoms with Crippen LogP contribution in [0.2, 0.25) is 0 Å². The van der Waals surface area contributed by atoms with Gasteiger partial charge in [-0.1, -0.05) is 19.4 Å². The van der Waals surface area contributed by atoms with Gasteiger partial charge in [-0.2, -0.15) is 0 Å². The number of fused-ring (bicyclic) bond motifs is 5. The number of ether oxygens (including phenoxy) is 2. The molecule has 0 radical (unpaired) electrons. The molecule has 0 saturated heterocycles. The van der Waals surface area contributed by atoms with Crippen LogP contribution in [-0.4, -0.2) is 59.8 Å². The second kappa shape index (κ2) is 8.33. The number of carbonyl (C=O) groups is 3. The molecule has 0 aromatic heterocycles. The Bertz CT molecular complexity index is 834. The molecule has 4 rings (SSSR count). The fourth-order valence-corrected chi connectivity index (χ4v) is 7.67. The highest BCUT2D eigenvalue weighted by atomic mass is 16.5. The highest BCUT2D eigenvalue weighted by Crippen LogP contribution is 2.67. The smallest absolute Gasteiger partial charge is 0.308 e. The number of esters is 1. The van der Waals surface area contributed by atoms with Gasteiger partial charge in [0, 0.05) is 18.9 Å². The SMILES string of the molecule is COCCC(=O)OCC(=O)[C@@]1(O)CC[C@H]2[C@@H]3CCC4=CC(=O)CC[C@]4(C)[C@H]3C(O)C[C@@]21C. The number of allylic oxidation sites excluding steroid dienone is 1. The number of rotatable bonds is 6. The zero-order valence-corrected chi connectivity index (χ0v) is 19.4. The van der Waals surface area contributed by atoms with Crippen LogP contribution < -0.4 is 0 Å². The van der Waals surface area contributed by atoms with Gasteiger partial charge < -0.3 is 19.7 Å². The van der Waals surface area contributed by atoms with Crippen molar-refractivity contribution in [2.45, 2.75) is 76.9 Å². The Morgan fingerprint density at radius 3 is 2.66 bits per heavy atom. The first-order valence-electron chi connectivity index (χ1n) is 11.9. The van der Waals surface area contributed by atoms with E-state index in [9.17, 15) is 24.6 Å². The van der Waals surface area contributed by atoms with E-state index in [-0.39, 0.29) is 42.0 Å². The van der Waals surface area contributed by atoms with Crippen LogP contribution in [0.15, 0.2) is 11.6 Å². The summed E-state index contributed by atoms with van der Waals surface area (Å²) in [6.45, 7) is 3.86. The van der Waals surface area contributed by atoms with Crippen molar-refractivity contribution < 1.29 is 34.1 Å². The molecule has 7 nitrogen and oxygen atoms in total. The number of hydrogen-bond acceptors (Lipinski definition) is 7. The summed E-state index contributed by atoms with van der Waals surface area (Å²) in [6.07, 6.45) is 5.48. The van der Waals surface area contributed by atoms with E-state index >= 15 is 0 Å². The minimum Gasteiger partial charge on any atom is -0.457 e. The standard InChI is InChI=1S/C25H36O7/c1-23-9-6-16(26)12-15(23)4-5-17-18-7-10-25(30,24(18,2)13-19(27)22(17)23)20(28)14-32-21(29)8-11-31-3/h12,17-19,22,27,30H,4-11,13-14H2,1-3H3/t17-,18-,19?,22+,23-,24-,25-/m0/s1. The fraction of sp³-hybridized carbons (Fsp3) is 0.800. The molecule has 0 amide bonds. The summed E-state index contributed by atoms with van der Waals surface area (Å²) in [4.78, 5) is 36.9. The third kappa shape index (κ3) is 3.48. The van der Waals surface area contributed by atoms with Crippen LogP contribution in [0.4, 0.5) is 0 Å². The van der Waals surface area contributed by atoms with Gasteiger partial charge in [0.1, 0.15) is 5.60 Å². The number of Topliss-reactive ketones (excluding diaryl/α,β-unsaturated/α-hetero) is 1. The van der Waals surface area contributed by atoms with Gasteiger partial charge in [-0.05, 0) is 67.8 Å². The van der Waals surface area contributed by atoms with Crippen molar-refractivity contribution in [2.75, 3.05) is 20.3 Å². The molecule has 7 heteroatoms. The van der Waals surface area contributed by atoms with E-state index in [0.717, 1.165) is 24.8 Å². The van der Waals surface area contributed by atoms with Gasteiger partial charge >= 0.3 is 5.97 Å². The van der Waals surface area contributed by atoms with Crippen molar-refractivity contribution in [3.8, 4) is 0 Å². The summed E-state index contributed by atoms with van der Waals surface area (Å²) in [5, 5.41) is 23.0.